The summed E-state index contributed by atoms with van der Waals surface area (Å²) in [5.41, 5.74) is 9.82. The van der Waals surface area contributed by atoms with Gasteiger partial charge in [0, 0.05) is 17.8 Å². The Morgan fingerprint density at radius 3 is 2.45 bits per heavy atom. The highest BCUT2D eigenvalue weighted by molar-refractivity contribution is 7.99. The SMILES string of the molecule is Cc1cccc(C)c1NC(=O)CCCSC(C)c1nc(N)nc(Nc2ccccc2)n1. The van der Waals surface area contributed by atoms with Crippen LogP contribution >= 0.6 is 11.8 Å². The van der Waals surface area contributed by atoms with Crippen molar-refractivity contribution in [2.75, 3.05) is 22.1 Å². The number of nitrogens with one attached hydrogen (secondary N) is 2. The van der Waals surface area contributed by atoms with Crippen LogP contribution in [0.15, 0.2) is 48.5 Å². The molecule has 7 nitrogen and oxygen atoms in total. The molecule has 0 aliphatic carbocycles. The van der Waals surface area contributed by atoms with Gasteiger partial charge in [-0.3, -0.25) is 4.79 Å². The van der Waals surface area contributed by atoms with Gasteiger partial charge in [-0.1, -0.05) is 36.4 Å². The average molecular weight is 437 g/mol. The Balaban J connectivity index is 1.49. The first-order valence-electron chi connectivity index (χ1n) is 10.2. The van der Waals surface area contributed by atoms with Gasteiger partial charge >= 0.3 is 0 Å². The molecule has 0 radical (unpaired) electrons. The summed E-state index contributed by atoms with van der Waals surface area (Å²) in [6.07, 6.45) is 1.23. The van der Waals surface area contributed by atoms with Gasteiger partial charge in [-0.25, -0.2) is 0 Å². The lowest BCUT2D eigenvalue weighted by molar-refractivity contribution is -0.116. The summed E-state index contributed by atoms with van der Waals surface area (Å²) < 4.78 is 0. The van der Waals surface area contributed by atoms with Crippen molar-refractivity contribution in [3.63, 3.8) is 0 Å². The van der Waals surface area contributed by atoms with Gasteiger partial charge in [-0.2, -0.15) is 26.7 Å². The number of hydrogen-bond donors (Lipinski definition) is 3. The average Bonchev–Trinajstić information content (AvgIpc) is 2.74. The van der Waals surface area contributed by atoms with E-state index in [0.29, 0.717) is 18.2 Å². The fraction of sp³-hybridized carbons (Fsp3) is 0.304. The first-order valence-corrected chi connectivity index (χ1v) is 11.3. The minimum absolute atomic E-state index is 0.0308. The van der Waals surface area contributed by atoms with Crippen molar-refractivity contribution in [3.8, 4) is 0 Å². The van der Waals surface area contributed by atoms with Crippen LogP contribution in [-0.4, -0.2) is 26.6 Å². The summed E-state index contributed by atoms with van der Waals surface area (Å²) in [5, 5.41) is 6.21. The number of carbonyl (C=O) groups excluding carboxylic acids is 1. The number of rotatable bonds is 9. The second kappa shape index (κ2) is 10.8. The summed E-state index contributed by atoms with van der Waals surface area (Å²) in [5.74, 6) is 2.08. The normalized spacial score (nSPS) is 11.7. The van der Waals surface area contributed by atoms with Crippen LogP contribution < -0.4 is 16.4 Å². The molecule has 1 atom stereocenters. The number of benzene rings is 2. The molecule has 1 heterocycles. The van der Waals surface area contributed by atoms with Crippen molar-refractivity contribution in [1.29, 1.82) is 0 Å². The van der Waals surface area contributed by atoms with E-state index in [1.54, 1.807) is 11.8 Å². The molecule has 0 spiro atoms. The fourth-order valence-electron chi connectivity index (χ4n) is 3.08. The lowest BCUT2D eigenvalue weighted by atomic mass is 10.1. The van der Waals surface area contributed by atoms with Crippen LogP contribution in [0.2, 0.25) is 0 Å². The third-order valence-electron chi connectivity index (χ3n) is 4.73. The molecular weight excluding hydrogens is 408 g/mol. The van der Waals surface area contributed by atoms with Crippen molar-refractivity contribution in [2.45, 2.75) is 38.9 Å². The molecule has 0 aliphatic rings. The van der Waals surface area contributed by atoms with E-state index in [4.69, 9.17) is 5.73 Å². The zero-order valence-electron chi connectivity index (χ0n) is 18.1. The molecule has 0 bridgehead atoms. The van der Waals surface area contributed by atoms with E-state index in [1.165, 1.54) is 0 Å². The standard InChI is InChI=1S/C23H28N6OS/c1-15-9-7-10-16(2)20(15)26-19(30)13-8-14-31-17(3)21-27-22(24)29-23(28-21)25-18-11-5-4-6-12-18/h4-7,9-12,17H,8,13-14H2,1-3H3,(H,26,30)(H3,24,25,27,28,29). The highest BCUT2D eigenvalue weighted by atomic mass is 32.2. The van der Waals surface area contributed by atoms with E-state index in [1.807, 2.05) is 69.3 Å². The van der Waals surface area contributed by atoms with Gasteiger partial charge in [0.1, 0.15) is 5.82 Å². The van der Waals surface area contributed by atoms with Crippen LogP contribution in [0.5, 0.6) is 0 Å². The number of nitrogens with two attached hydrogens (primary N) is 1. The fourth-order valence-corrected chi connectivity index (χ4v) is 4.00. The van der Waals surface area contributed by atoms with Crippen molar-refractivity contribution in [2.24, 2.45) is 0 Å². The zero-order valence-corrected chi connectivity index (χ0v) is 18.9. The predicted molar refractivity (Wildman–Crippen MR) is 129 cm³/mol. The van der Waals surface area contributed by atoms with Crippen LogP contribution in [0.4, 0.5) is 23.3 Å². The molecule has 1 amide bonds. The van der Waals surface area contributed by atoms with E-state index in [9.17, 15) is 4.79 Å². The summed E-state index contributed by atoms with van der Waals surface area (Å²) in [7, 11) is 0. The lowest BCUT2D eigenvalue weighted by Crippen LogP contribution is -2.13. The Morgan fingerprint density at radius 1 is 1.03 bits per heavy atom. The molecule has 0 saturated heterocycles. The molecule has 2 aromatic carbocycles. The molecule has 4 N–H and O–H groups in total. The third kappa shape index (κ3) is 6.68. The lowest BCUT2D eigenvalue weighted by Gasteiger charge is -2.13. The molecule has 0 aliphatic heterocycles. The molecule has 162 valence electrons. The topological polar surface area (TPSA) is 106 Å². The minimum Gasteiger partial charge on any atom is -0.368 e. The largest absolute Gasteiger partial charge is 0.368 e. The number of nitrogen functional groups attached to an aromatic ring is 1. The van der Waals surface area contributed by atoms with Crippen LogP contribution in [0, 0.1) is 13.8 Å². The minimum atomic E-state index is 0.0308. The van der Waals surface area contributed by atoms with Gasteiger partial charge in [-0.05, 0) is 56.2 Å². The molecule has 0 saturated carbocycles. The number of amides is 1. The van der Waals surface area contributed by atoms with E-state index in [0.717, 1.165) is 34.7 Å². The van der Waals surface area contributed by atoms with E-state index in [2.05, 4.69) is 25.6 Å². The first-order chi connectivity index (χ1) is 14.9. The number of thioether (sulfide) groups is 1. The van der Waals surface area contributed by atoms with Crippen molar-refractivity contribution >= 4 is 40.9 Å². The van der Waals surface area contributed by atoms with Crippen LogP contribution in [0.3, 0.4) is 0 Å². The smallest absolute Gasteiger partial charge is 0.232 e. The Kier molecular flexibility index (Phi) is 7.83. The van der Waals surface area contributed by atoms with Crippen molar-refractivity contribution in [3.05, 3.63) is 65.5 Å². The first kappa shape index (κ1) is 22.6. The third-order valence-corrected chi connectivity index (χ3v) is 5.96. The number of nitrogens with zero attached hydrogens (tertiary/aromatic N) is 3. The van der Waals surface area contributed by atoms with Gasteiger partial charge in [0.25, 0.3) is 0 Å². The second-order valence-electron chi connectivity index (χ2n) is 7.30. The number of aromatic nitrogens is 3. The monoisotopic (exact) mass is 436 g/mol. The molecule has 3 aromatic rings. The van der Waals surface area contributed by atoms with Crippen molar-refractivity contribution in [1.82, 2.24) is 15.0 Å². The number of anilines is 4. The maximum absolute atomic E-state index is 12.3. The number of para-hydroxylation sites is 2. The van der Waals surface area contributed by atoms with Gasteiger partial charge < -0.3 is 16.4 Å². The van der Waals surface area contributed by atoms with Gasteiger partial charge in [0.05, 0.1) is 5.25 Å². The highest BCUT2D eigenvalue weighted by Gasteiger charge is 2.14. The van der Waals surface area contributed by atoms with Crippen LogP contribution in [-0.2, 0) is 4.79 Å². The Bertz CT molecular complexity index is 1010. The number of hydrogen-bond acceptors (Lipinski definition) is 7. The van der Waals surface area contributed by atoms with E-state index >= 15 is 0 Å². The molecule has 1 unspecified atom stereocenters. The second-order valence-corrected chi connectivity index (χ2v) is 8.75. The van der Waals surface area contributed by atoms with Crippen molar-refractivity contribution < 1.29 is 4.79 Å². The molecule has 1 aromatic heterocycles. The Hall–Kier alpha value is -3.13. The van der Waals surface area contributed by atoms with E-state index < -0.39 is 0 Å². The molecule has 8 heteroatoms. The van der Waals surface area contributed by atoms with Gasteiger partial charge in [-0.15, -0.1) is 0 Å². The summed E-state index contributed by atoms with van der Waals surface area (Å²) in [6, 6.07) is 15.7. The predicted octanol–water partition coefficient (Wildman–Crippen LogP) is 5.03. The molecule has 31 heavy (non-hydrogen) atoms. The summed E-state index contributed by atoms with van der Waals surface area (Å²) >= 11 is 1.69. The maximum atomic E-state index is 12.3. The van der Waals surface area contributed by atoms with Gasteiger partial charge in [0.2, 0.25) is 17.8 Å². The quantitative estimate of drug-likeness (QED) is 0.404. The number of carbonyl (C=O) groups is 1. The summed E-state index contributed by atoms with van der Waals surface area (Å²) in [4.78, 5) is 25.3. The Morgan fingerprint density at radius 2 is 1.74 bits per heavy atom. The summed E-state index contributed by atoms with van der Waals surface area (Å²) in [6.45, 7) is 6.03. The van der Waals surface area contributed by atoms with Crippen LogP contribution in [0.25, 0.3) is 0 Å². The maximum Gasteiger partial charge on any atom is 0.232 e. The zero-order chi connectivity index (χ0) is 22.2. The Labute approximate surface area is 187 Å². The molecule has 0 fully saturated rings. The van der Waals surface area contributed by atoms with Crippen LogP contribution in [0.1, 0.15) is 42.0 Å². The van der Waals surface area contributed by atoms with Gasteiger partial charge in [0.15, 0.2) is 0 Å². The van der Waals surface area contributed by atoms with E-state index in [-0.39, 0.29) is 17.1 Å². The molecule has 3 rings (SSSR count). The highest BCUT2D eigenvalue weighted by Crippen LogP contribution is 2.28. The number of aryl methyl sites for hydroxylation is 2. The molecular formula is C23H28N6OS.